The van der Waals surface area contributed by atoms with Crippen LogP contribution in [0.4, 0.5) is 4.79 Å². The van der Waals surface area contributed by atoms with E-state index in [2.05, 4.69) is 15.5 Å². The molecule has 128 valence electrons. The summed E-state index contributed by atoms with van der Waals surface area (Å²) in [6.45, 7) is 5.97. The summed E-state index contributed by atoms with van der Waals surface area (Å²) >= 11 is 6.93. The highest BCUT2D eigenvalue weighted by atomic mass is 32.2. The maximum atomic E-state index is 12.3. The molecule has 2 amide bonds. The monoisotopic (exact) mass is 357 g/mol. The maximum absolute atomic E-state index is 12.3. The SMILES string of the molecule is CCOC(=O)C1=C(CSC(=S)N2CCCC2)NC(=O)N[C@H]1CC. The zero-order chi connectivity index (χ0) is 16.8. The average Bonchev–Trinajstić information content (AvgIpc) is 3.06. The molecule has 0 bridgehead atoms. The van der Waals surface area contributed by atoms with Crippen molar-refractivity contribution >= 4 is 40.3 Å². The van der Waals surface area contributed by atoms with E-state index in [1.165, 1.54) is 11.8 Å². The van der Waals surface area contributed by atoms with Gasteiger partial charge in [-0.25, -0.2) is 9.59 Å². The molecule has 0 aliphatic carbocycles. The highest BCUT2D eigenvalue weighted by molar-refractivity contribution is 8.23. The summed E-state index contributed by atoms with van der Waals surface area (Å²) < 4.78 is 5.96. The Morgan fingerprint density at radius 2 is 2.09 bits per heavy atom. The number of carbonyl (C=O) groups is 2. The van der Waals surface area contributed by atoms with E-state index in [1.54, 1.807) is 6.92 Å². The predicted octanol–water partition coefficient (Wildman–Crippen LogP) is 2.01. The normalized spacial score (nSPS) is 21.0. The Morgan fingerprint density at radius 3 is 2.70 bits per heavy atom. The van der Waals surface area contributed by atoms with Crippen molar-refractivity contribution in [2.24, 2.45) is 0 Å². The van der Waals surface area contributed by atoms with E-state index >= 15 is 0 Å². The van der Waals surface area contributed by atoms with Crippen molar-refractivity contribution in [3.8, 4) is 0 Å². The second kappa shape index (κ2) is 8.54. The summed E-state index contributed by atoms with van der Waals surface area (Å²) in [5, 5.41) is 5.51. The Labute approximate surface area is 146 Å². The van der Waals surface area contributed by atoms with E-state index in [0.29, 0.717) is 30.1 Å². The number of hydrogen-bond donors (Lipinski definition) is 2. The van der Waals surface area contributed by atoms with Gasteiger partial charge in [0.15, 0.2) is 0 Å². The third kappa shape index (κ3) is 4.60. The summed E-state index contributed by atoms with van der Waals surface area (Å²) in [6, 6.07) is -0.605. The first kappa shape index (κ1) is 18.1. The van der Waals surface area contributed by atoms with Crippen LogP contribution in [0.5, 0.6) is 0 Å². The lowest BCUT2D eigenvalue weighted by Crippen LogP contribution is -2.50. The largest absolute Gasteiger partial charge is 0.463 e. The van der Waals surface area contributed by atoms with Crippen molar-refractivity contribution in [1.82, 2.24) is 15.5 Å². The van der Waals surface area contributed by atoms with Gasteiger partial charge < -0.3 is 20.3 Å². The number of carbonyl (C=O) groups excluding carboxylic acids is 2. The Hall–Kier alpha value is -1.28. The van der Waals surface area contributed by atoms with Gasteiger partial charge in [-0.15, -0.1) is 0 Å². The van der Waals surface area contributed by atoms with Crippen LogP contribution in [0.1, 0.15) is 33.1 Å². The molecule has 1 atom stereocenters. The number of esters is 1. The first-order valence-electron chi connectivity index (χ1n) is 7.96. The van der Waals surface area contributed by atoms with Crippen molar-refractivity contribution in [2.45, 2.75) is 39.2 Å². The fraction of sp³-hybridized carbons (Fsp3) is 0.667. The quantitative estimate of drug-likeness (QED) is 0.579. The van der Waals surface area contributed by atoms with E-state index in [-0.39, 0.29) is 18.0 Å². The number of nitrogens with zero attached hydrogens (tertiary/aromatic N) is 1. The lowest BCUT2D eigenvalue weighted by molar-refractivity contribution is -0.139. The molecule has 6 nitrogen and oxygen atoms in total. The smallest absolute Gasteiger partial charge is 0.337 e. The first-order valence-corrected chi connectivity index (χ1v) is 9.35. The molecule has 0 unspecified atom stereocenters. The number of hydrogen-bond acceptors (Lipinski definition) is 5. The van der Waals surface area contributed by atoms with Crippen molar-refractivity contribution < 1.29 is 14.3 Å². The number of likely N-dealkylation sites (tertiary alicyclic amines) is 1. The van der Waals surface area contributed by atoms with Gasteiger partial charge in [0.1, 0.15) is 4.32 Å². The Balaban J connectivity index is 2.12. The molecule has 2 aliphatic rings. The summed E-state index contributed by atoms with van der Waals surface area (Å²) in [5.41, 5.74) is 1.11. The molecule has 1 saturated heterocycles. The Bertz CT molecular complexity index is 516. The number of urea groups is 1. The second-order valence-electron chi connectivity index (χ2n) is 5.42. The summed E-state index contributed by atoms with van der Waals surface area (Å²) in [7, 11) is 0. The van der Waals surface area contributed by atoms with Crippen molar-refractivity contribution in [2.75, 3.05) is 25.4 Å². The van der Waals surface area contributed by atoms with Crippen LogP contribution in [0.15, 0.2) is 11.3 Å². The van der Waals surface area contributed by atoms with Crippen molar-refractivity contribution in [1.29, 1.82) is 0 Å². The molecule has 1 fully saturated rings. The average molecular weight is 358 g/mol. The Morgan fingerprint density at radius 1 is 1.39 bits per heavy atom. The van der Waals surface area contributed by atoms with Crippen LogP contribution in [0.2, 0.25) is 0 Å². The fourth-order valence-corrected chi connectivity index (χ4v) is 3.92. The third-order valence-corrected chi connectivity index (χ3v) is 5.40. The molecule has 0 saturated carbocycles. The van der Waals surface area contributed by atoms with E-state index in [4.69, 9.17) is 17.0 Å². The minimum Gasteiger partial charge on any atom is -0.463 e. The van der Waals surface area contributed by atoms with E-state index in [1.807, 2.05) is 6.92 Å². The first-order chi connectivity index (χ1) is 11.1. The number of nitrogens with one attached hydrogen (secondary N) is 2. The van der Waals surface area contributed by atoms with Crippen molar-refractivity contribution in [3.63, 3.8) is 0 Å². The number of ether oxygens (including phenoxy) is 1. The summed E-state index contributed by atoms with van der Waals surface area (Å²) in [5.74, 6) is 0.0856. The van der Waals surface area contributed by atoms with Crippen LogP contribution < -0.4 is 10.6 Å². The number of amides is 2. The Kier molecular flexibility index (Phi) is 6.71. The molecule has 8 heteroatoms. The standard InChI is InChI=1S/C15H23N3O3S2/c1-3-10-12(13(19)21-4-2)11(17-14(20)16-10)9-23-15(22)18-7-5-6-8-18/h10H,3-9H2,1-2H3,(H2,16,17,20)/t10-/m0/s1. The number of thioether (sulfide) groups is 1. The molecule has 0 aromatic carbocycles. The van der Waals surface area contributed by atoms with Crippen LogP contribution in [0.25, 0.3) is 0 Å². The van der Waals surface area contributed by atoms with Crippen LogP contribution in [-0.2, 0) is 9.53 Å². The molecule has 2 heterocycles. The topological polar surface area (TPSA) is 70.7 Å². The predicted molar refractivity (Wildman–Crippen MR) is 95.3 cm³/mol. The van der Waals surface area contributed by atoms with Crippen LogP contribution in [0, 0.1) is 0 Å². The van der Waals surface area contributed by atoms with E-state index in [9.17, 15) is 9.59 Å². The highest BCUT2D eigenvalue weighted by Crippen LogP contribution is 2.23. The number of rotatable bonds is 5. The molecule has 2 N–H and O–H groups in total. The zero-order valence-electron chi connectivity index (χ0n) is 13.5. The molecule has 2 rings (SSSR count). The minimum absolute atomic E-state index is 0.285. The van der Waals surface area contributed by atoms with Gasteiger partial charge in [0.2, 0.25) is 0 Å². The van der Waals surface area contributed by atoms with Gasteiger partial charge in [-0.05, 0) is 26.2 Å². The molecular formula is C15H23N3O3S2. The second-order valence-corrected chi connectivity index (χ2v) is 7.03. The van der Waals surface area contributed by atoms with Gasteiger partial charge in [0.25, 0.3) is 0 Å². The molecule has 0 radical (unpaired) electrons. The van der Waals surface area contributed by atoms with E-state index in [0.717, 1.165) is 30.3 Å². The maximum Gasteiger partial charge on any atom is 0.337 e. The zero-order valence-corrected chi connectivity index (χ0v) is 15.1. The van der Waals surface area contributed by atoms with Crippen molar-refractivity contribution in [3.05, 3.63) is 11.3 Å². The molecular weight excluding hydrogens is 334 g/mol. The van der Waals surface area contributed by atoms with Crippen LogP contribution in [0.3, 0.4) is 0 Å². The highest BCUT2D eigenvalue weighted by Gasteiger charge is 2.31. The molecule has 23 heavy (non-hydrogen) atoms. The molecule has 0 aromatic heterocycles. The lowest BCUT2D eigenvalue weighted by Gasteiger charge is -2.28. The van der Waals surface area contributed by atoms with Crippen LogP contribution >= 0.6 is 24.0 Å². The number of thiocarbonyl (C=S) groups is 1. The molecule has 0 aromatic rings. The van der Waals surface area contributed by atoms with Gasteiger partial charge >= 0.3 is 12.0 Å². The van der Waals surface area contributed by atoms with Gasteiger partial charge in [0, 0.05) is 24.5 Å². The van der Waals surface area contributed by atoms with E-state index < -0.39 is 0 Å². The fourth-order valence-electron chi connectivity index (χ4n) is 2.70. The third-order valence-electron chi connectivity index (χ3n) is 3.85. The van der Waals surface area contributed by atoms with Crippen LogP contribution in [-0.4, -0.2) is 52.7 Å². The van der Waals surface area contributed by atoms with Gasteiger partial charge in [0.05, 0.1) is 18.2 Å². The minimum atomic E-state index is -0.380. The molecule has 0 spiro atoms. The van der Waals surface area contributed by atoms with Gasteiger partial charge in [-0.2, -0.15) is 0 Å². The van der Waals surface area contributed by atoms with Gasteiger partial charge in [-0.3, -0.25) is 0 Å². The lowest BCUT2D eigenvalue weighted by atomic mass is 10.0. The summed E-state index contributed by atoms with van der Waals surface area (Å²) in [4.78, 5) is 26.2. The summed E-state index contributed by atoms with van der Waals surface area (Å²) in [6.07, 6.45) is 2.96. The van der Waals surface area contributed by atoms with Gasteiger partial charge in [-0.1, -0.05) is 30.9 Å². The molecule has 2 aliphatic heterocycles.